The number of carbonyl (C=O) groups excluding carboxylic acids is 3. The summed E-state index contributed by atoms with van der Waals surface area (Å²) < 4.78 is 3.91. The Morgan fingerprint density at radius 3 is 2.41 bits per heavy atom. The van der Waals surface area contributed by atoms with Gasteiger partial charge < -0.3 is 21.7 Å². The van der Waals surface area contributed by atoms with E-state index in [2.05, 4.69) is 9.69 Å². The Balaban J connectivity index is 2.32. The number of nitrogen functional groups attached to an aromatic ring is 1. The first-order chi connectivity index (χ1) is 12.6. The lowest BCUT2D eigenvalue weighted by Gasteiger charge is -2.41. The van der Waals surface area contributed by atoms with Crippen LogP contribution in [0.4, 0.5) is 5.69 Å². The molecular weight excluding hydrogens is 366 g/mol. The molecule has 0 aromatic carbocycles. The predicted octanol–water partition coefficient (Wildman–Crippen LogP) is 1.90. The summed E-state index contributed by atoms with van der Waals surface area (Å²) in [4.78, 5) is 39.2. The number of amides is 3. The molecule has 3 amide bonds. The average molecular weight is 396 g/mol. The van der Waals surface area contributed by atoms with Gasteiger partial charge in [0.25, 0.3) is 11.8 Å². The molecule has 1 saturated carbocycles. The van der Waals surface area contributed by atoms with Gasteiger partial charge in [0.15, 0.2) is 5.69 Å². The van der Waals surface area contributed by atoms with Crippen molar-refractivity contribution in [1.29, 1.82) is 0 Å². The molecule has 0 spiro atoms. The minimum atomic E-state index is -0.781. The number of aromatic nitrogens is 1. The second-order valence-corrected chi connectivity index (χ2v) is 8.42. The van der Waals surface area contributed by atoms with Gasteiger partial charge in [-0.25, -0.2) is 0 Å². The van der Waals surface area contributed by atoms with E-state index in [0.29, 0.717) is 6.42 Å². The second kappa shape index (κ2) is 8.24. The minimum absolute atomic E-state index is 0.0298. The summed E-state index contributed by atoms with van der Waals surface area (Å²) in [6, 6.07) is -0.525. The molecule has 2 rings (SSSR count). The number of hydrogen-bond donors (Lipinski definition) is 3. The van der Waals surface area contributed by atoms with E-state index in [1.807, 2.05) is 20.8 Å². The minimum Gasteiger partial charge on any atom is -0.395 e. The fraction of sp³-hybridized carbons (Fsp3) is 0.667. The van der Waals surface area contributed by atoms with Crippen LogP contribution in [0.2, 0.25) is 0 Å². The topological polar surface area (TPSA) is 131 Å². The summed E-state index contributed by atoms with van der Waals surface area (Å²) >= 11 is 0.831. The third-order valence-corrected chi connectivity index (χ3v) is 6.21. The van der Waals surface area contributed by atoms with Gasteiger partial charge in [0.05, 0.1) is 5.69 Å². The van der Waals surface area contributed by atoms with Crippen molar-refractivity contribution in [1.82, 2.24) is 14.6 Å². The maximum atomic E-state index is 13.3. The number of nitrogens with two attached hydrogens (primary N) is 2. The molecule has 0 aliphatic heterocycles. The first-order valence-corrected chi connectivity index (χ1v) is 10.1. The Kier molecular flexibility index (Phi) is 6.46. The Morgan fingerprint density at radius 1 is 1.33 bits per heavy atom. The quantitative estimate of drug-likeness (QED) is 0.649. The predicted molar refractivity (Wildman–Crippen MR) is 105 cm³/mol. The van der Waals surface area contributed by atoms with Crippen LogP contribution in [-0.2, 0) is 4.79 Å². The Labute approximate surface area is 163 Å². The van der Waals surface area contributed by atoms with Gasteiger partial charge in [-0.1, -0.05) is 19.8 Å². The van der Waals surface area contributed by atoms with Crippen LogP contribution in [0.25, 0.3) is 0 Å². The van der Waals surface area contributed by atoms with Gasteiger partial charge in [0.1, 0.15) is 10.9 Å². The van der Waals surface area contributed by atoms with Crippen molar-refractivity contribution in [3.63, 3.8) is 0 Å². The molecule has 150 valence electrons. The van der Waals surface area contributed by atoms with E-state index in [0.717, 1.165) is 37.2 Å². The standard InChI is InChI=1S/C18H29N5O3S/c1-5-18(3,4)23(10(2)16(25)21-11-8-6-7-9-11)17(26)14-12(19)13(15(20)24)22-27-14/h10-11H,5-9,19H2,1-4H3,(H2,20,24)(H,21,25). The number of nitrogens with zero attached hydrogens (tertiary/aromatic N) is 2. The first-order valence-electron chi connectivity index (χ1n) is 9.29. The van der Waals surface area contributed by atoms with E-state index < -0.39 is 23.4 Å². The largest absolute Gasteiger partial charge is 0.395 e. The Morgan fingerprint density at radius 2 is 1.93 bits per heavy atom. The monoisotopic (exact) mass is 395 g/mol. The van der Waals surface area contributed by atoms with Crippen LogP contribution >= 0.6 is 11.5 Å². The molecule has 27 heavy (non-hydrogen) atoms. The van der Waals surface area contributed by atoms with E-state index in [4.69, 9.17) is 11.5 Å². The Hall–Kier alpha value is -2.16. The molecule has 0 saturated heterocycles. The highest BCUT2D eigenvalue weighted by Gasteiger charge is 2.39. The number of nitrogens with one attached hydrogen (secondary N) is 1. The van der Waals surface area contributed by atoms with E-state index in [1.165, 1.54) is 4.90 Å². The zero-order valence-electron chi connectivity index (χ0n) is 16.4. The number of carbonyl (C=O) groups is 3. The molecule has 0 bridgehead atoms. The highest BCUT2D eigenvalue weighted by molar-refractivity contribution is 7.09. The lowest BCUT2D eigenvalue weighted by molar-refractivity contribution is -0.127. The van der Waals surface area contributed by atoms with Crippen molar-refractivity contribution in [2.45, 2.75) is 77.4 Å². The van der Waals surface area contributed by atoms with Crippen LogP contribution in [0, 0.1) is 0 Å². The average Bonchev–Trinajstić information content (AvgIpc) is 3.23. The summed E-state index contributed by atoms with van der Waals surface area (Å²) in [6.07, 6.45) is 4.79. The van der Waals surface area contributed by atoms with Crippen molar-refractivity contribution >= 4 is 34.9 Å². The fourth-order valence-electron chi connectivity index (χ4n) is 3.39. The molecule has 1 unspecified atom stereocenters. The summed E-state index contributed by atoms with van der Waals surface area (Å²) in [5.41, 5.74) is 10.5. The van der Waals surface area contributed by atoms with Gasteiger partial charge in [-0.15, -0.1) is 0 Å². The fourth-order valence-corrected chi connectivity index (χ4v) is 4.14. The highest BCUT2D eigenvalue weighted by Crippen LogP contribution is 2.30. The lowest BCUT2D eigenvalue weighted by Crippen LogP contribution is -2.57. The van der Waals surface area contributed by atoms with Crippen LogP contribution in [0.5, 0.6) is 0 Å². The van der Waals surface area contributed by atoms with Crippen LogP contribution in [0.1, 0.15) is 80.0 Å². The van der Waals surface area contributed by atoms with Crippen LogP contribution < -0.4 is 16.8 Å². The van der Waals surface area contributed by atoms with E-state index in [1.54, 1.807) is 6.92 Å². The number of primary amides is 1. The van der Waals surface area contributed by atoms with E-state index in [-0.39, 0.29) is 28.2 Å². The van der Waals surface area contributed by atoms with Crippen molar-refractivity contribution in [2.24, 2.45) is 5.73 Å². The molecule has 1 aromatic rings. The molecule has 8 nitrogen and oxygen atoms in total. The summed E-state index contributed by atoms with van der Waals surface area (Å²) in [6.45, 7) is 7.46. The maximum absolute atomic E-state index is 13.3. The van der Waals surface area contributed by atoms with Gasteiger partial charge in [-0.3, -0.25) is 14.4 Å². The van der Waals surface area contributed by atoms with Gasteiger partial charge in [0, 0.05) is 11.6 Å². The number of anilines is 1. The summed E-state index contributed by atoms with van der Waals surface area (Å²) in [5.74, 6) is -1.38. The normalized spacial score (nSPS) is 16.1. The van der Waals surface area contributed by atoms with Crippen LogP contribution in [-0.4, -0.2) is 44.6 Å². The molecule has 1 atom stereocenters. The molecule has 1 heterocycles. The molecule has 1 aliphatic carbocycles. The van der Waals surface area contributed by atoms with Crippen LogP contribution in [0.15, 0.2) is 0 Å². The summed E-state index contributed by atoms with van der Waals surface area (Å²) in [7, 11) is 0. The molecule has 5 N–H and O–H groups in total. The summed E-state index contributed by atoms with van der Waals surface area (Å²) in [5, 5.41) is 3.05. The van der Waals surface area contributed by atoms with Crippen molar-refractivity contribution in [3.05, 3.63) is 10.6 Å². The molecule has 0 radical (unpaired) electrons. The Bertz CT molecular complexity index is 725. The third kappa shape index (κ3) is 4.40. The zero-order valence-corrected chi connectivity index (χ0v) is 17.2. The van der Waals surface area contributed by atoms with E-state index >= 15 is 0 Å². The van der Waals surface area contributed by atoms with Crippen molar-refractivity contribution < 1.29 is 14.4 Å². The molecule has 1 aromatic heterocycles. The van der Waals surface area contributed by atoms with Crippen molar-refractivity contribution in [2.75, 3.05) is 5.73 Å². The van der Waals surface area contributed by atoms with E-state index in [9.17, 15) is 14.4 Å². The second-order valence-electron chi connectivity index (χ2n) is 7.65. The molecule has 1 aliphatic rings. The highest BCUT2D eigenvalue weighted by atomic mass is 32.1. The van der Waals surface area contributed by atoms with Gasteiger partial charge in [-0.2, -0.15) is 4.37 Å². The molecule has 9 heteroatoms. The van der Waals surface area contributed by atoms with Gasteiger partial charge in [0.2, 0.25) is 5.91 Å². The number of hydrogen-bond acceptors (Lipinski definition) is 6. The SMILES string of the molecule is CCC(C)(C)N(C(=O)c1snc(C(N)=O)c1N)C(C)C(=O)NC1CCCC1. The molecular formula is C18H29N5O3S. The molecule has 1 fully saturated rings. The van der Waals surface area contributed by atoms with Crippen LogP contribution in [0.3, 0.4) is 0 Å². The van der Waals surface area contributed by atoms with Gasteiger partial charge in [-0.05, 0) is 51.6 Å². The smallest absolute Gasteiger partial charge is 0.270 e. The van der Waals surface area contributed by atoms with Gasteiger partial charge >= 0.3 is 0 Å². The zero-order chi connectivity index (χ0) is 20.4. The maximum Gasteiger partial charge on any atom is 0.270 e. The lowest BCUT2D eigenvalue weighted by atomic mass is 9.96. The third-order valence-electron chi connectivity index (χ3n) is 5.36. The first kappa shape index (κ1) is 21.1. The van der Waals surface area contributed by atoms with Crippen molar-refractivity contribution in [3.8, 4) is 0 Å². The number of rotatable bonds is 7.